The number of pyridine rings is 2. The molecule has 0 spiro atoms. The first kappa shape index (κ1) is 21.3. The second kappa shape index (κ2) is 9.96. The van der Waals surface area contributed by atoms with Gasteiger partial charge < -0.3 is 15.5 Å². The predicted octanol–water partition coefficient (Wildman–Crippen LogP) is 4.89. The Labute approximate surface area is 193 Å². The summed E-state index contributed by atoms with van der Waals surface area (Å²) < 4.78 is 13.1. The van der Waals surface area contributed by atoms with Crippen molar-refractivity contribution in [2.75, 3.05) is 42.9 Å². The Bertz CT molecular complexity index is 1200. The van der Waals surface area contributed by atoms with Crippen molar-refractivity contribution in [3.05, 3.63) is 84.3 Å². The maximum absolute atomic E-state index is 13.1. The van der Waals surface area contributed by atoms with Crippen molar-refractivity contribution < 1.29 is 4.39 Å². The highest BCUT2D eigenvalue weighted by Crippen LogP contribution is 2.29. The van der Waals surface area contributed by atoms with E-state index >= 15 is 0 Å². The molecule has 3 heterocycles. The van der Waals surface area contributed by atoms with Crippen LogP contribution in [0.1, 0.15) is 12.0 Å². The lowest BCUT2D eigenvalue weighted by Gasteiger charge is -2.28. The fourth-order valence-corrected chi connectivity index (χ4v) is 4.25. The molecule has 1 aliphatic rings. The molecule has 0 unspecified atom stereocenters. The first-order chi connectivity index (χ1) is 16.3. The standard InChI is InChI=1S/C27H28FN5/c28-22-10-7-20(8-11-22)4-3-13-30-26-18-25(32-24-6-2-1-5-23(24)26)21-9-12-27(31-19-21)33-16-14-29-15-17-33/h1-2,5-12,18-19,29H,3-4,13-17H2,(H,30,32). The average molecular weight is 442 g/mol. The summed E-state index contributed by atoms with van der Waals surface area (Å²) in [7, 11) is 0. The first-order valence-electron chi connectivity index (χ1n) is 11.6. The summed E-state index contributed by atoms with van der Waals surface area (Å²) in [4.78, 5) is 11.9. The van der Waals surface area contributed by atoms with E-state index in [-0.39, 0.29) is 5.82 Å². The predicted molar refractivity (Wildman–Crippen MR) is 133 cm³/mol. The number of halogens is 1. The minimum atomic E-state index is -0.192. The van der Waals surface area contributed by atoms with E-state index in [9.17, 15) is 4.39 Å². The van der Waals surface area contributed by atoms with E-state index in [1.54, 1.807) is 0 Å². The number of piperazine rings is 1. The number of hydrogen-bond acceptors (Lipinski definition) is 5. The van der Waals surface area contributed by atoms with Crippen molar-refractivity contribution in [3.63, 3.8) is 0 Å². The summed E-state index contributed by atoms with van der Waals surface area (Å²) in [5, 5.41) is 8.07. The van der Waals surface area contributed by atoms with Gasteiger partial charge in [-0.05, 0) is 54.8 Å². The molecule has 0 radical (unpaired) electrons. The summed E-state index contributed by atoms with van der Waals surface area (Å²) in [5.74, 6) is 0.822. The maximum Gasteiger partial charge on any atom is 0.128 e. The van der Waals surface area contributed by atoms with E-state index in [2.05, 4.69) is 39.8 Å². The van der Waals surface area contributed by atoms with Crippen LogP contribution in [-0.4, -0.2) is 42.7 Å². The average Bonchev–Trinajstić information content (AvgIpc) is 2.88. The second-order valence-electron chi connectivity index (χ2n) is 8.37. The minimum absolute atomic E-state index is 0.192. The van der Waals surface area contributed by atoms with Crippen LogP contribution in [0.15, 0.2) is 72.9 Å². The Hall–Kier alpha value is -3.51. The lowest BCUT2D eigenvalue weighted by atomic mass is 10.1. The molecule has 1 saturated heterocycles. The third-order valence-electron chi connectivity index (χ3n) is 6.07. The van der Waals surface area contributed by atoms with Gasteiger partial charge in [-0.15, -0.1) is 0 Å². The highest BCUT2D eigenvalue weighted by molar-refractivity contribution is 5.93. The van der Waals surface area contributed by atoms with Crippen LogP contribution < -0.4 is 15.5 Å². The zero-order chi connectivity index (χ0) is 22.5. The summed E-state index contributed by atoms with van der Waals surface area (Å²) in [5.41, 5.74) is 5.10. The normalized spacial score (nSPS) is 13.9. The Balaban J connectivity index is 1.32. The molecule has 0 amide bonds. The van der Waals surface area contributed by atoms with Crippen LogP contribution in [0.2, 0.25) is 0 Å². The summed E-state index contributed by atoms with van der Waals surface area (Å²) in [6.45, 7) is 4.77. The number of fused-ring (bicyclic) bond motifs is 1. The highest BCUT2D eigenvalue weighted by atomic mass is 19.1. The molecule has 4 aromatic rings. The van der Waals surface area contributed by atoms with Crippen LogP contribution in [0.4, 0.5) is 15.9 Å². The highest BCUT2D eigenvalue weighted by Gasteiger charge is 2.13. The number of benzene rings is 2. The molecule has 2 aromatic carbocycles. The van der Waals surface area contributed by atoms with Crippen LogP contribution in [-0.2, 0) is 6.42 Å². The number of nitrogens with zero attached hydrogens (tertiary/aromatic N) is 3. The Kier molecular flexibility index (Phi) is 6.44. The van der Waals surface area contributed by atoms with Crippen molar-refractivity contribution in [1.29, 1.82) is 0 Å². The molecular formula is C27H28FN5. The van der Waals surface area contributed by atoms with Crippen molar-refractivity contribution in [2.45, 2.75) is 12.8 Å². The minimum Gasteiger partial charge on any atom is -0.384 e. The number of hydrogen-bond donors (Lipinski definition) is 2. The molecule has 5 rings (SSSR count). The van der Waals surface area contributed by atoms with E-state index in [0.717, 1.165) is 84.8 Å². The maximum atomic E-state index is 13.1. The summed E-state index contributed by atoms with van der Waals surface area (Å²) in [6, 6.07) is 21.3. The SMILES string of the molecule is Fc1ccc(CCCNc2cc(-c3ccc(N4CCNCC4)nc3)nc3ccccc23)cc1. The molecule has 33 heavy (non-hydrogen) atoms. The Morgan fingerprint density at radius 3 is 2.58 bits per heavy atom. The third-order valence-corrected chi connectivity index (χ3v) is 6.07. The van der Waals surface area contributed by atoms with Crippen LogP contribution >= 0.6 is 0 Å². The molecule has 2 N–H and O–H groups in total. The van der Waals surface area contributed by atoms with Gasteiger partial charge in [0.05, 0.1) is 11.2 Å². The lowest BCUT2D eigenvalue weighted by molar-refractivity contribution is 0.585. The lowest BCUT2D eigenvalue weighted by Crippen LogP contribution is -2.43. The van der Waals surface area contributed by atoms with Crippen molar-refractivity contribution in [2.24, 2.45) is 0 Å². The zero-order valence-corrected chi connectivity index (χ0v) is 18.6. The molecule has 5 nitrogen and oxygen atoms in total. The van der Waals surface area contributed by atoms with Crippen LogP contribution in [0.25, 0.3) is 22.2 Å². The van der Waals surface area contributed by atoms with Crippen LogP contribution in [0, 0.1) is 5.82 Å². The van der Waals surface area contributed by atoms with Crippen molar-refractivity contribution in [1.82, 2.24) is 15.3 Å². The zero-order valence-electron chi connectivity index (χ0n) is 18.6. The number of anilines is 2. The van der Waals surface area contributed by atoms with Crippen LogP contribution in [0.5, 0.6) is 0 Å². The monoisotopic (exact) mass is 441 g/mol. The van der Waals surface area contributed by atoms with Crippen molar-refractivity contribution in [3.8, 4) is 11.3 Å². The first-order valence-corrected chi connectivity index (χ1v) is 11.6. The van der Waals surface area contributed by atoms with E-state index in [4.69, 9.17) is 9.97 Å². The molecule has 0 atom stereocenters. The quantitative estimate of drug-likeness (QED) is 0.400. The molecular weight excluding hydrogens is 413 g/mol. The fraction of sp³-hybridized carbons (Fsp3) is 0.259. The number of aryl methyl sites for hydroxylation is 1. The molecule has 6 heteroatoms. The van der Waals surface area contributed by atoms with Gasteiger partial charge >= 0.3 is 0 Å². The fourth-order valence-electron chi connectivity index (χ4n) is 4.25. The Morgan fingerprint density at radius 2 is 1.79 bits per heavy atom. The summed E-state index contributed by atoms with van der Waals surface area (Å²) in [6.07, 6.45) is 3.78. The van der Waals surface area contributed by atoms with E-state index < -0.39 is 0 Å². The van der Waals surface area contributed by atoms with Crippen molar-refractivity contribution >= 4 is 22.4 Å². The molecule has 0 bridgehead atoms. The van der Waals surface area contributed by atoms with Gasteiger partial charge in [0, 0.05) is 55.6 Å². The molecule has 1 fully saturated rings. The molecule has 1 aliphatic heterocycles. The third kappa shape index (κ3) is 5.12. The molecule has 168 valence electrons. The van der Waals surface area contributed by atoms with Gasteiger partial charge in [0.15, 0.2) is 0 Å². The largest absolute Gasteiger partial charge is 0.384 e. The van der Waals surface area contributed by atoms with Gasteiger partial charge in [-0.3, -0.25) is 0 Å². The smallest absolute Gasteiger partial charge is 0.128 e. The second-order valence-corrected chi connectivity index (χ2v) is 8.37. The topological polar surface area (TPSA) is 53.1 Å². The number of nitrogens with one attached hydrogen (secondary N) is 2. The van der Waals surface area contributed by atoms with Gasteiger partial charge in [0.1, 0.15) is 11.6 Å². The van der Waals surface area contributed by atoms with Gasteiger partial charge in [-0.25, -0.2) is 14.4 Å². The van der Waals surface area contributed by atoms with E-state index in [0.29, 0.717) is 0 Å². The molecule has 0 saturated carbocycles. The summed E-state index contributed by atoms with van der Waals surface area (Å²) >= 11 is 0. The number of rotatable bonds is 7. The molecule has 0 aliphatic carbocycles. The van der Waals surface area contributed by atoms with Gasteiger partial charge in [0.2, 0.25) is 0 Å². The van der Waals surface area contributed by atoms with Crippen LogP contribution in [0.3, 0.4) is 0 Å². The number of aromatic nitrogens is 2. The van der Waals surface area contributed by atoms with E-state index in [1.165, 1.54) is 12.1 Å². The van der Waals surface area contributed by atoms with Gasteiger partial charge in [-0.1, -0.05) is 30.3 Å². The van der Waals surface area contributed by atoms with Gasteiger partial charge in [-0.2, -0.15) is 0 Å². The van der Waals surface area contributed by atoms with E-state index in [1.807, 2.05) is 36.5 Å². The number of para-hydroxylation sites is 1. The Morgan fingerprint density at radius 1 is 0.970 bits per heavy atom. The molecule has 2 aromatic heterocycles. The van der Waals surface area contributed by atoms with Gasteiger partial charge in [0.25, 0.3) is 0 Å².